The van der Waals surface area contributed by atoms with Crippen molar-refractivity contribution in [2.24, 2.45) is 0 Å². The van der Waals surface area contributed by atoms with Gasteiger partial charge in [-0.1, -0.05) is 26.0 Å². The van der Waals surface area contributed by atoms with Crippen LogP contribution >= 0.6 is 0 Å². The molecule has 0 bridgehead atoms. The first kappa shape index (κ1) is 19.7. The molecule has 0 saturated carbocycles. The second kappa shape index (κ2) is 8.19. The first-order valence-corrected chi connectivity index (χ1v) is 10.5. The van der Waals surface area contributed by atoms with Crippen molar-refractivity contribution in [2.45, 2.75) is 27.7 Å². The SMILES string of the molecule is CCN(CC)S(=O)(=O)CC(=O)N1CCN(c2cccc(C)c2C)CC1. The molecule has 1 heterocycles. The van der Waals surface area contributed by atoms with Gasteiger partial charge in [-0.05, 0) is 31.0 Å². The topological polar surface area (TPSA) is 60.9 Å². The van der Waals surface area contributed by atoms with Gasteiger partial charge in [0.1, 0.15) is 5.75 Å². The molecule has 0 aromatic heterocycles. The molecule has 0 N–H and O–H groups in total. The molecule has 140 valence electrons. The van der Waals surface area contributed by atoms with Crippen molar-refractivity contribution in [1.29, 1.82) is 0 Å². The second-order valence-electron chi connectivity index (χ2n) is 6.43. The van der Waals surface area contributed by atoms with E-state index in [1.807, 2.05) is 6.07 Å². The Morgan fingerprint density at radius 1 is 1.08 bits per heavy atom. The lowest BCUT2D eigenvalue weighted by Crippen LogP contribution is -2.51. The van der Waals surface area contributed by atoms with Gasteiger partial charge < -0.3 is 9.80 Å². The van der Waals surface area contributed by atoms with Crippen LogP contribution in [0.15, 0.2) is 18.2 Å². The van der Waals surface area contributed by atoms with Crippen LogP contribution in [0.3, 0.4) is 0 Å². The zero-order valence-corrected chi connectivity index (χ0v) is 16.5. The van der Waals surface area contributed by atoms with Crippen LogP contribution in [0.4, 0.5) is 5.69 Å². The number of piperazine rings is 1. The highest BCUT2D eigenvalue weighted by atomic mass is 32.2. The molecule has 1 aromatic rings. The Morgan fingerprint density at radius 2 is 1.68 bits per heavy atom. The molecule has 1 saturated heterocycles. The monoisotopic (exact) mass is 367 g/mol. The maximum atomic E-state index is 12.4. The fourth-order valence-corrected chi connectivity index (χ4v) is 4.69. The van der Waals surface area contributed by atoms with Crippen LogP contribution in [0, 0.1) is 13.8 Å². The molecule has 25 heavy (non-hydrogen) atoms. The molecule has 0 unspecified atom stereocenters. The summed E-state index contributed by atoms with van der Waals surface area (Å²) < 4.78 is 25.9. The summed E-state index contributed by atoms with van der Waals surface area (Å²) >= 11 is 0. The van der Waals surface area contributed by atoms with Crippen molar-refractivity contribution in [2.75, 3.05) is 49.9 Å². The number of nitrogens with zero attached hydrogens (tertiary/aromatic N) is 3. The zero-order valence-electron chi connectivity index (χ0n) is 15.7. The molecule has 1 aliphatic heterocycles. The smallest absolute Gasteiger partial charge is 0.239 e. The van der Waals surface area contributed by atoms with Crippen molar-refractivity contribution >= 4 is 21.6 Å². The van der Waals surface area contributed by atoms with E-state index in [1.165, 1.54) is 21.1 Å². The lowest BCUT2D eigenvalue weighted by Gasteiger charge is -2.37. The van der Waals surface area contributed by atoms with Gasteiger partial charge in [-0.2, -0.15) is 0 Å². The van der Waals surface area contributed by atoms with Crippen LogP contribution in [0.25, 0.3) is 0 Å². The number of sulfonamides is 1. The van der Waals surface area contributed by atoms with E-state index in [1.54, 1.807) is 18.7 Å². The summed E-state index contributed by atoms with van der Waals surface area (Å²) in [6.45, 7) is 11.1. The molecule has 2 rings (SSSR count). The number of carbonyl (C=O) groups excluding carboxylic acids is 1. The van der Waals surface area contributed by atoms with Crippen LogP contribution in [-0.4, -0.2) is 68.6 Å². The maximum absolute atomic E-state index is 12.4. The van der Waals surface area contributed by atoms with Gasteiger partial charge >= 0.3 is 0 Å². The number of hydrogen-bond acceptors (Lipinski definition) is 4. The summed E-state index contributed by atoms with van der Waals surface area (Å²) in [5.41, 5.74) is 3.70. The van der Waals surface area contributed by atoms with E-state index in [-0.39, 0.29) is 5.91 Å². The number of aryl methyl sites for hydroxylation is 1. The van der Waals surface area contributed by atoms with Gasteiger partial charge in [0.05, 0.1) is 0 Å². The third-order valence-electron chi connectivity index (χ3n) is 4.95. The van der Waals surface area contributed by atoms with Crippen molar-refractivity contribution in [3.8, 4) is 0 Å². The van der Waals surface area contributed by atoms with E-state index in [0.29, 0.717) is 26.2 Å². The number of carbonyl (C=O) groups is 1. The molecule has 1 amide bonds. The van der Waals surface area contributed by atoms with E-state index in [2.05, 4.69) is 30.9 Å². The molecule has 6 nitrogen and oxygen atoms in total. The van der Waals surface area contributed by atoms with E-state index < -0.39 is 15.8 Å². The van der Waals surface area contributed by atoms with Gasteiger partial charge in [-0.25, -0.2) is 12.7 Å². The number of benzene rings is 1. The van der Waals surface area contributed by atoms with Crippen molar-refractivity contribution in [1.82, 2.24) is 9.21 Å². The average molecular weight is 368 g/mol. The first-order valence-electron chi connectivity index (χ1n) is 8.87. The Balaban J connectivity index is 1.98. The minimum atomic E-state index is -3.52. The van der Waals surface area contributed by atoms with Crippen LogP contribution in [0.1, 0.15) is 25.0 Å². The third kappa shape index (κ3) is 4.52. The first-order chi connectivity index (χ1) is 11.8. The summed E-state index contributed by atoms with van der Waals surface area (Å²) in [6.07, 6.45) is 0. The minimum absolute atomic E-state index is 0.299. The summed E-state index contributed by atoms with van der Waals surface area (Å²) in [6, 6.07) is 6.24. The summed E-state index contributed by atoms with van der Waals surface area (Å²) in [7, 11) is -3.52. The van der Waals surface area contributed by atoms with E-state index in [9.17, 15) is 13.2 Å². The largest absolute Gasteiger partial charge is 0.368 e. The molecule has 1 aliphatic rings. The predicted octanol–water partition coefficient (Wildman–Crippen LogP) is 1.62. The Labute approximate surface area is 151 Å². The standard InChI is InChI=1S/C18H29N3O3S/c1-5-21(6-2)25(23,24)14-18(22)20-12-10-19(11-13-20)17-9-7-8-15(3)16(17)4/h7-9H,5-6,10-14H2,1-4H3. The molecule has 7 heteroatoms. The predicted molar refractivity (Wildman–Crippen MR) is 101 cm³/mol. The quantitative estimate of drug-likeness (QED) is 0.767. The highest BCUT2D eigenvalue weighted by molar-refractivity contribution is 7.89. The fourth-order valence-electron chi connectivity index (χ4n) is 3.23. The zero-order chi connectivity index (χ0) is 18.6. The molecule has 0 radical (unpaired) electrons. The summed E-state index contributed by atoms with van der Waals surface area (Å²) in [5.74, 6) is -0.731. The van der Waals surface area contributed by atoms with Crippen molar-refractivity contribution in [3.05, 3.63) is 29.3 Å². The molecular weight excluding hydrogens is 338 g/mol. The van der Waals surface area contributed by atoms with Crippen molar-refractivity contribution in [3.63, 3.8) is 0 Å². The molecule has 0 spiro atoms. The van der Waals surface area contributed by atoms with Gasteiger partial charge in [0.15, 0.2) is 0 Å². The third-order valence-corrected chi connectivity index (χ3v) is 6.87. The van der Waals surface area contributed by atoms with Crippen LogP contribution in [-0.2, 0) is 14.8 Å². The lowest BCUT2D eigenvalue weighted by molar-refractivity contribution is -0.128. The molecule has 1 aromatic carbocycles. The maximum Gasteiger partial charge on any atom is 0.239 e. The number of anilines is 1. The summed E-state index contributed by atoms with van der Waals surface area (Å²) in [5, 5.41) is 0. The van der Waals surface area contributed by atoms with Gasteiger partial charge in [-0.3, -0.25) is 4.79 Å². The Hall–Kier alpha value is -1.60. The number of amides is 1. The van der Waals surface area contributed by atoms with Gasteiger partial charge in [0.25, 0.3) is 0 Å². The molecule has 1 fully saturated rings. The Morgan fingerprint density at radius 3 is 2.24 bits per heavy atom. The van der Waals surface area contributed by atoms with Crippen LogP contribution in [0.5, 0.6) is 0 Å². The Bertz CT molecular complexity index is 706. The fraction of sp³-hybridized carbons (Fsp3) is 0.611. The molecular formula is C18H29N3O3S. The van der Waals surface area contributed by atoms with E-state index in [4.69, 9.17) is 0 Å². The normalized spacial score (nSPS) is 15.7. The lowest BCUT2D eigenvalue weighted by atomic mass is 10.1. The van der Waals surface area contributed by atoms with Crippen molar-refractivity contribution < 1.29 is 13.2 Å². The number of hydrogen-bond donors (Lipinski definition) is 0. The van der Waals surface area contributed by atoms with E-state index in [0.717, 1.165) is 13.1 Å². The van der Waals surface area contributed by atoms with Crippen LogP contribution in [0.2, 0.25) is 0 Å². The van der Waals surface area contributed by atoms with E-state index >= 15 is 0 Å². The molecule has 0 atom stereocenters. The average Bonchev–Trinajstić information content (AvgIpc) is 2.58. The highest BCUT2D eigenvalue weighted by Crippen LogP contribution is 2.23. The Kier molecular flexibility index (Phi) is 6.46. The van der Waals surface area contributed by atoms with Gasteiger partial charge in [0.2, 0.25) is 15.9 Å². The number of rotatable bonds is 6. The van der Waals surface area contributed by atoms with Crippen LogP contribution < -0.4 is 4.90 Å². The highest BCUT2D eigenvalue weighted by Gasteiger charge is 2.28. The molecule has 0 aliphatic carbocycles. The second-order valence-corrected chi connectivity index (χ2v) is 8.40. The van der Waals surface area contributed by atoms with Gasteiger partial charge in [-0.15, -0.1) is 0 Å². The summed E-state index contributed by atoms with van der Waals surface area (Å²) in [4.78, 5) is 16.4. The van der Waals surface area contributed by atoms with Gasteiger partial charge in [0, 0.05) is 45.0 Å². The minimum Gasteiger partial charge on any atom is -0.368 e.